The molecule has 36 heavy (non-hydrogen) atoms. The number of nitriles is 1. The van der Waals surface area contributed by atoms with Gasteiger partial charge in [0.05, 0.1) is 17.0 Å². The van der Waals surface area contributed by atoms with Crippen LogP contribution in [-0.2, 0) is 6.18 Å². The first-order valence-electron chi connectivity index (χ1n) is 10.2. The van der Waals surface area contributed by atoms with Gasteiger partial charge >= 0.3 is 6.18 Å². The maximum atomic E-state index is 13.5. The van der Waals surface area contributed by atoms with E-state index in [2.05, 4.69) is 25.4 Å². The second-order valence-electron chi connectivity index (χ2n) is 7.40. The summed E-state index contributed by atoms with van der Waals surface area (Å²) in [5.41, 5.74) is 13.6. The van der Waals surface area contributed by atoms with Gasteiger partial charge in [-0.3, -0.25) is 5.41 Å². The number of allylic oxidation sites excluding steroid dienone is 1. The average molecular weight is 503 g/mol. The van der Waals surface area contributed by atoms with Gasteiger partial charge in [0.25, 0.3) is 0 Å². The number of alkyl halides is 3. The molecule has 186 valence electrons. The van der Waals surface area contributed by atoms with Gasteiger partial charge in [-0.05, 0) is 18.6 Å². The van der Waals surface area contributed by atoms with Crippen LogP contribution in [0.4, 0.5) is 27.6 Å². The molecule has 2 aromatic heterocycles. The van der Waals surface area contributed by atoms with Crippen LogP contribution in [0, 0.1) is 33.9 Å². The minimum Gasteiger partial charge on any atom is -0.382 e. The summed E-state index contributed by atoms with van der Waals surface area (Å²) in [4.78, 5) is 9.47. The molecular weight excluding hydrogens is 485 g/mol. The summed E-state index contributed by atoms with van der Waals surface area (Å²) in [7, 11) is 0. The number of aromatic amines is 1. The molecule has 0 aliphatic carbocycles. The summed E-state index contributed by atoms with van der Waals surface area (Å²) in [5.74, 6) is -4.76. The summed E-state index contributed by atoms with van der Waals surface area (Å²) in [5, 5.41) is 24.0. The molecule has 2 heterocycles. The summed E-state index contributed by atoms with van der Waals surface area (Å²) >= 11 is 0. The van der Waals surface area contributed by atoms with E-state index in [0.717, 1.165) is 24.5 Å². The molecule has 0 bridgehead atoms. The number of H-pyrrole nitrogens is 1. The van der Waals surface area contributed by atoms with Crippen molar-refractivity contribution in [3.63, 3.8) is 0 Å². The van der Waals surface area contributed by atoms with Crippen LogP contribution >= 0.6 is 0 Å². The van der Waals surface area contributed by atoms with Crippen LogP contribution in [0.2, 0.25) is 0 Å². The maximum Gasteiger partial charge on any atom is 0.451 e. The molecule has 0 amide bonds. The number of benzene rings is 1. The van der Waals surface area contributed by atoms with Gasteiger partial charge in [-0.2, -0.15) is 23.5 Å². The molecule has 1 atom stereocenters. The largest absolute Gasteiger partial charge is 0.451 e. The topological polar surface area (TPSA) is 163 Å². The van der Waals surface area contributed by atoms with Crippen LogP contribution in [0.3, 0.4) is 0 Å². The highest BCUT2D eigenvalue weighted by molar-refractivity contribution is 6.01. The molecule has 0 saturated carbocycles. The third-order valence-corrected chi connectivity index (χ3v) is 5.15. The van der Waals surface area contributed by atoms with Crippen molar-refractivity contribution in [1.29, 1.82) is 16.2 Å². The second-order valence-corrected chi connectivity index (χ2v) is 7.40. The van der Waals surface area contributed by atoms with E-state index in [-0.39, 0.29) is 45.9 Å². The summed E-state index contributed by atoms with van der Waals surface area (Å²) in [6, 6.07) is 5.04. The van der Waals surface area contributed by atoms with Gasteiger partial charge < -0.3 is 16.0 Å². The first-order valence-corrected chi connectivity index (χ1v) is 10.2. The number of aromatic nitrogens is 3. The third-order valence-electron chi connectivity index (χ3n) is 5.15. The molecule has 0 saturated heterocycles. The van der Waals surface area contributed by atoms with Gasteiger partial charge in [-0.25, -0.2) is 24.3 Å². The smallest absolute Gasteiger partial charge is 0.382 e. The van der Waals surface area contributed by atoms with Crippen molar-refractivity contribution in [2.24, 2.45) is 10.8 Å². The van der Waals surface area contributed by atoms with Crippen LogP contribution in [0.25, 0.3) is 11.1 Å². The number of hydrogen-bond donors (Lipinski definition) is 5. The lowest BCUT2D eigenvalue weighted by Gasteiger charge is -2.15. The highest BCUT2D eigenvalue weighted by atomic mass is 19.4. The van der Waals surface area contributed by atoms with Gasteiger partial charge in [0.2, 0.25) is 5.82 Å². The van der Waals surface area contributed by atoms with E-state index in [1.165, 1.54) is 12.3 Å². The molecule has 0 spiro atoms. The normalized spacial score (nSPS) is 12.6. The molecule has 1 unspecified atom stereocenters. The molecule has 1 aromatic carbocycles. The Balaban J connectivity index is 2.10. The Morgan fingerprint density at radius 3 is 2.44 bits per heavy atom. The SMILES string of the molecule is CCC(/C(=C/Nc1ccc(F)c(F)c1)N=N)c1[nH]c(C(=N)N)c(-c2cnc(C(F)(F)F)nc2)c1C#N. The highest BCUT2D eigenvalue weighted by Crippen LogP contribution is 2.38. The molecule has 0 radical (unpaired) electrons. The van der Waals surface area contributed by atoms with Crippen LogP contribution in [0.15, 0.2) is 47.6 Å². The molecule has 0 aliphatic rings. The predicted molar refractivity (Wildman–Crippen MR) is 119 cm³/mol. The van der Waals surface area contributed by atoms with E-state index >= 15 is 0 Å². The van der Waals surface area contributed by atoms with Crippen molar-refractivity contribution in [2.45, 2.75) is 25.4 Å². The molecule has 9 nitrogen and oxygen atoms in total. The Morgan fingerprint density at radius 2 is 1.94 bits per heavy atom. The third kappa shape index (κ3) is 5.19. The van der Waals surface area contributed by atoms with Crippen molar-refractivity contribution in [3.05, 3.63) is 76.9 Å². The number of rotatable bonds is 8. The van der Waals surface area contributed by atoms with Gasteiger partial charge in [0.1, 0.15) is 11.9 Å². The van der Waals surface area contributed by atoms with Crippen LogP contribution in [0.1, 0.15) is 42.0 Å². The fourth-order valence-corrected chi connectivity index (χ4v) is 3.51. The van der Waals surface area contributed by atoms with Crippen LogP contribution in [0.5, 0.6) is 0 Å². The Morgan fingerprint density at radius 1 is 1.28 bits per heavy atom. The second kappa shape index (κ2) is 10.3. The van der Waals surface area contributed by atoms with Crippen molar-refractivity contribution < 1.29 is 22.0 Å². The zero-order valence-corrected chi connectivity index (χ0v) is 18.5. The predicted octanol–water partition coefficient (Wildman–Crippen LogP) is 5.40. The van der Waals surface area contributed by atoms with Crippen LogP contribution < -0.4 is 11.1 Å². The molecule has 3 aromatic rings. The Bertz CT molecular complexity index is 1370. The first-order chi connectivity index (χ1) is 17.0. The number of nitrogens with two attached hydrogens (primary N) is 1. The summed E-state index contributed by atoms with van der Waals surface area (Å²) < 4.78 is 65.3. The van der Waals surface area contributed by atoms with Crippen LogP contribution in [-0.4, -0.2) is 20.8 Å². The number of nitrogen functional groups attached to an aromatic ring is 1. The Hall–Kier alpha value is -4.67. The Kier molecular flexibility index (Phi) is 7.42. The quantitative estimate of drug-likeness (QED) is 0.120. The summed E-state index contributed by atoms with van der Waals surface area (Å²) in [6.45, 7) is 1.72. The van der Waals surface area contributed by atoms with E-state index in [4.69, 9.17) is 16.7 Å². The summed E-state index contributed by atoms with van der Waals surface area (Å²) in [6.07, 6.45) is -1.49. The van der Waals surface area contributed by atoms with E-state index < -0.39 is 35.4 Å². The minimum atomic E-state index is -4.77. The van der Waals surface area contributed by atoms with E-state index in [9.17, 15) is 27.2 Å². The lowest BCUT2D eigenvalue weighted by Crippen LogP contribution is -2.14. The van der Waals surface area contributed by atoms with Gasteiger partial charge in [-0.1, -0.05) is 6.92 Å². The zero-order chi connectivity index (χ0) is 26.6. The Labute approximate surface area is 200 Å². The molecule has 14 heteroatoms. The highest BCUT2D eigenvalue weighted by Gasteiger charge is 2.35. The minimum absolute atomic E-state index is 0.00959. The van der Waals surface area contributed by atoms with Gasteiger partial charge in [0, 0.05) is 53.1 Å². The lowest BCUT2D eigenvalue weighted by molar-refractivity contribution is -0.144. The first kappa shape index (κ1) is 25.9. The van der Waals surface area contributed by atoms with Crippen molar-refractivity contribution in [2.75, 3.05) is 5.32 Å². The number of nitrogens with zero attached hydrogens (tertiary/aromatic N) is 4. The molecule has 6 N–H and O–H groups in total. The van der Waals surface area contributed by atoms with E-state index in [1.807, 2.05) is 6.07 Å². The van der Waals surface area contributed by atoms with Gasteiger partial charge in [0.15, 0.2) is 11.6 Å². The number of nitrogens with one attached hydrogen (secondary N) is 4. The molecular formula is C22H18F5N9. The number of hydrogen-bond acceptors (Lipinski definition) is 7. The monoisotopic (exact) mass is 503 g/mol. The van der Waals surface area contributed by atoms with Crippen molar-refractivity contribution in [3.8, 4) is 17.2 Å². The molecule has 3 rings (SSSR count). The lowest BCUT2D eigenvalue weighted by atomic mass is 9.93. The standard InChI is InChI=1S/C22H18F5N9/c1-2-12(16(36-31)9-32-11-3-4-14(23)15(24)5-11)18-13(6-28)17(19(35-18)20(29)30)10-7-33-21(34-8-10)22(25,26)27/h3-5,7-9,12,31-32,35H,2H2,1H3,(H3,29,30)/b16-9-,36-31?. The van der Waals surface area contributed by atoms with E-state index in [1.54, 1.807) is 6.92 Å². The fraction of sp³-hybridized carbons (Fsp3) is 0.182. The number of halogens is 5. The maximum absolute atomic E-state index is 13.5. The average Bonchev–Trinajstić information content (AvgIpc) is 3.23. The van der Waals surface area contributed by atoms with Crippen molar-refractivity contribution in [1.82, 2.24) is 15.0 Å². The molecule has 0 aliphatic heterocycles. The number of amidine groups is 1. The molecule has 0 fully saturated rings. The fourth-order valence-electron chi connectivity index (χ4n) is 3.51. The number of anilines is 1. The van der Waals surface area contributed by atoms with Gasteiger partial charge in [-0.15, -0.1) is 0 Å². The van der Waals surface area contributed by atoms with E-state index in [0.29, 0.717) is 0 Å². The zero-order valence-electron chi connectivity index (χ0n) is 18.5. The van der Waals surface area contributed by atoms with Crippen molar-refractivity contribution >= 4 is 11.5 Å².